The summed E-state index contributed by atoms with van der Waals surface area (Å²) in [5.74, 6) is -0.469. The minimum absolute atomic E-state index is 0.0342. The van der Waals surface area contributed by atoms with Crippen molar-refractivity contribution in [2.75, 3.05) is 11.9 Å². The van der Waals surface area contributed by atoms with Crippen LogP contribution in [0.4, 0.5) is 5.69 Å². The van der Waals surface area contributed by atoms with Gasteiger partial charge >= 0.3 is 0 Å². The molecule has 6 nitrogen and oxygen atoms in total. The molecule has 0 aliphatic rings. The first-order valence-corrected chi connectivity index (χ1v) is 10.9. The molecule has 0 saturated carbocycles. The average Bonchev–Trinajstić information content (AvgIpc) is 3.18. The Morgan fingerprint density at radius 2 is 1.86 bits per heavy atom. The Morgan fingerprint density at radius 3 is 2.54 bits per heavy atom. The topological polar surface area (TPSA) is 95.5 Å². The molecule has 1 amide bonds. The highest BCUT2D eigenvalue weighted by molar-refractivity contribution is 7.89. The summed E-state index contributed by atoms with van der Waals surface area (Å²) < 4.78 is 27.3. The Hall–Kier alpha value is -2.68. The van der Waals surface area contributed by atoms with Crippen molar-refractivity contribution in [3.05, 3.63) is 76.0 Å². The van der Waals surface area contributed by atoms with Crippen LogP contribution < -0.4 is 10.0 Å². The lowest BCUT2D eigenvalue weighted by Crippen LogP contribution is -2.26. The van der Waals surface area contributed by atoms with Gasteiger partial charge < -0.3 is 10.4 Å². The van der Waals surface area contributed by atoms with Crippen LogP contribution in [-0.2, 0) is 16.4 Å². The van der Waals surface area contributed by atoms with Crippen molar-refractivity contribution in [2.45, 2.75) is 18.2 Å². The first kappa shape index (κ1) is 20.1. The number of nitrogens with one attached hydrogen (secondary N) is 2. The molecular formula is C20H20N2O4S2. The zero-order chi connectivity index (χ0) is 20.1. The van der Waals surface area contributed by atoms with Gasteiger partial charge in [0.2, 0.25) is 10.0 Å². The molecule has 2 aromatic carbocycles. The number of thiophene rings is 1. The zero-order valence-electron chi connectivity index (χ0n) is 15.2. The van der Waals surface area contributed by atoms with Crippen molar-refractivity contribution < 1.29 is 18.3 Å². The number of phenols is 1. The molecule has 8 heteroatoms. The van der Waals surface area contributed by atoms with Gasteiger partial charge in [0.1, 0.15) is 5.75 Å². The molecule has 0 unspecified atom stereocenters. The monoisotopic (exact) mass is 416 g/mol. The van der Waals surface area contributed by atoms with Gasteiger partial charge in [-0.25, -0.2) is 13.1 Å². The van der Waals surface area contributed by atoms with E-state index in [1.165, 1.54) is 30.3 Å². The summed E-state index contributed by atoms with van der Waals surface area (Å²) >= 11 is 1.58. The van der Waals surface area contributed by atoms with Gasteiger partial charge in [-0.15, -0.1) is 11.3 Å². The summed E-state index contributed by atoms with van der Waals surface area (Å²) in [6.07, 6.45) is 0.622. The Balaban J connectivity index is 1.64. The van der Waals surface area contributed by atoms with Crippen LogP contribution in [0.5, 0.6) is 5.75 Å². The largest absolute Gasteiger partial charge is 0.506 e. The number of amides is 1. The predicted octanol–water partition coefficient (Wildman–Crippen LogP) is 3.54. The summed E-state index contributed by atoms with van der Waals surface area (Å²) in [6, 6.07) is 14.4. The van der Waals surface area contributed by atoms with Gasteiger partial charge in [-0.1, -0.05) is 12.1 Å². The number of carbonyl (C=O) groups is 1. The number of anilines is 1. The van der Waals surface area contributed by atoms with Crippen LogP contribution in [-0.4, -0.2) is 26.0 Å². The molecule has 0 saturated heterocycles. The summed E-state index contributed by atoms with van der Waals surface area (Å²) in [7, 11) is -3.64. The molecule has 0 spiro atoms. The Labute approximate surface area is 167 Å². The van der Waals surface area contributed by atoms with Crippen LogP contribution in [0.25, 0.3) is 0 Å². The van der Waals surface area contributed by atoms with Gasteiger partial charge in [0.05, 0.1) is 10.6 Å². The third kappa shape index (κ3) is 4.98. The first-order chi connectivity index (χ1) is 13.3. The maximum atomic E-state index is 12.4. The maximum Gasteiger partial charge on any atom is 0.255 e. The molecule has 3 aromatic rings. The van der Waals surface area contributed by atoms with Gasteiger partial charge in [-0.2, -0.15) is 0 Å². The van der Waals surface area contributed by atoms with E-state index in [1.54, 1.807) is 23.5 Å². The molecule has 0 fully saturated rings. The molecule has 0 bridgehead atoms. The highest BCUT2D eigenvalue weighted by Crippen LogP contribution is 2.24. The molecule has 0 aliphatic carbocycles. The fraction of sp³-hybridized carbons (Fsp3) is 0.150. The van der Waals surface area contributed by atoms with Crippen molar-refractivity contribution in [3.8, 4) is 5.75 Å². The second-order valence-corrected chi connectivity index (χ2v) is 9.03. The van der Waals surface area contributed by atoms with Crippen molar-refractivity contribution >= 4 is 33.0 Å². The number of carbonyl (C=O) groups excluding carboxylic acids is 1. The van der Waals surface area contributed by atoms with Crippen molar-refractivity contribution in [1.29, 1.82) is 0 Å². The van der Waals surface area contributed by atoms with Crippen LogP contribution in [0.3, 0.4) is 0 Å². The number of hydrogen-bond acceptors (Lipinski definition) is 5. The predicted molar refractivity (Wildman–Crippen MR) is 110 cm³/mol. The summed E-state index contributed by atoms with van der Waals surface area (Å²) in [5, 5.41) is 14.4. The quantitative estimate of drug-likeness (QED) is 0.514. The van der Waals surface area contributed by atoms with Gasteiger partial charge in [0.25, 0.3) is 5.91 Å². The van der Waals surface area contributed by atoms with E-state index in [9.17, 15) is 18.3 Å². The van der Waals surface area contributed by atoms with E-state index in [1.807, 2.05) is 24.4 Å². The second-order valence-electron chi connectivity index (χ2n) is 6.23. The van der Waals surface area contributed by atoms with E-state index in [0.717, 1.165) is 10.4 Å². The summed E-state index contributed by atoms with van der Waals surface area (Å²) in [6.45, 7) is 2.15. The van der Waals surface area contributed by atoms with Crippen LogP contribution >= 0.6 is 11.3 Å². The highest BCUT2D eigenvalue weighted by atomic mass is 32.2. The molecule has 0 atom stereocenters. The molecule has 1 heterocycles. The maximum absolute atomic E-state index is 12.4. The molecule has 0 radical (unpaired) electrons. The Bertz CT molecular complexity index is 1060. The van der Waals surface area contributed by atoms with E-state index in [2.05, 4.69) is 10.0 Å². The lowest BCUT2D eigenvalue weighted by molar-refractivity contribution is 0.102. The standard InChI is InChI=1S/C20H20N2O4S2/c1-14-4-9-19(23)18(13-14)22-20(24)15-5-7-17(8-6-15)28(25,26)21-11-10-16-3-2-12-27-16/h2-9,12-13,21,23H,10-11H2,1H3,(H,22,24). The summed E-state index contributed by atoms with van der Waals surface area (Å²) in [4.78, 5) is 13.6. The highest BCUT2D eigenvalue weighted by Gasteiger charge is 2.15. The molecule has 28 heavy (non-hydrogen) atoms. The smallest absolute Gasteiger partial charge is 0.255 e. The van der Waals surface area contributed by atoms with Gasteiger partial charge in [-0.05, 0) is 66.8 Å². The van der Waals surface area contributed by atoms with E-state index in [4.69, 9.17) is 0 Å². The number of aromatic hydroxyl groups is 1. The van der Waals surface area contributed by atoms with Crippen molar-refractivity contribution in [1.82, 2.24) is 4.72 Å². The zero-order valence-corrected chi connectivity index (χ0v) is 16.8. The molecule has 3 rings (SSSR count). The minimum Gasteiger partial charge on any atom is -0.506 e. The Morgan fingerprint density at radius 1 is 1.11 bits per heavy atom. The summed E-state index contributed by atoms with van der Waals surface area (Å²) in [5.41, 5.74) is 1.48. The molecule has 3 N–H and O–H groups in total. The average molecular weight is 417 g/mol. The third-order valence-electron chi connectivity index (χ3n) is 4.07. The number of phenolic OH excluding ortho intramolecular Hbond substituents is 1. The van der Waals surface area contributed by atoms with E-state index in [-0.39, 0.29) is 10.6 Å². The van der Waals surface area contributed by atoms with Crippen LogP contribution in [0.15, 0.2) is 64.9 Å². The van der Waals surface area contributed by atoms with Crippen LogP contribution in [0.1, 0.15) is 20.8 Å². The fourth-order valence-electron chi connectivity index (χ4n) is 2.58. The number of aryl methyl sites for hydroxylation is 1. The van der Waals surface area contributed by atoms with E-state index < -0.39 is 15.9 Å². The number of benzene rings is 2. The SMILES string of the molecule is Cc1ccc(O)c(NC(=O)c2ccc(S(=O)(=O)NCCc3cccs3)cc2)c1. The van der Waals surface area contributed by atoms with Crippen LogP contribution in [0.2, 0.25) is 0 Å². The molecule has 146 valence electrons. The lowest BCUT2D eigenvalue weighted by atomic mass is 10.2. The van der Waals surface area contributed by atoms with Crippen LogP contribution in [0, 0.1) is 6.92 Å². The molecular weight excluding hydrogens is 396 g/mol. The van der Waals surface area contributed by atoms with Gasteiger partial charge in [-0.3, -0.25) is 4.79 Å². The third-order valence-corrected chi connectivity index (χ3v) is 6.48. The van der Waals surface area contributed by atoms with E-state index in [0.29, 0.717) is 24.2 Å². The van der Waals surface area contributed by atoms with Crippen molar-refractivity contribution in [3.63, 3.8) is 0 Å². The number of rotatable bonds is 7. The Kier molecular flexibility index (Phi) is 6.13. The number of hydrogen-bond donors (Lipinski definition) is 3. The first-order valence-electron chi connectivity index (χ1n) is 8.58. The lowest BCUT2D eigenvalue weighted by Gasteiger charge is -2.09. The molecule has 0 aliphatic heterocycles. The molecule has 1 aromatic heterocycles. The van der Waals surface area contributed by atoms with E-state index >= 15 is 0 Å². The number of sulfonamides is 1. The second kappa shape index (κ2) is 8.55. The van der Waals surface area contributed by atoms with Gasteiger partial charge in [0, 0.05) is 17.0 Å². The van der Waals surface area contributed by atoms with Crippen molar-refractivity contribution in [2.24, 2.45) is 0 Å². The van der Waals surface area contributed by atoms with Gasteiger partial charge in [0.15, 0.2) is 0 Å². The fourth-order valence-corrected chi connectivity index (χ4v) is 4.32. The normalized spacial score (nSPS) is 11.3. The minimum atomic E-state index is -3.64.